The summed E-state index contributed by atoms with van der Waals surface area (Å²) >= 11 is 0. The van der Waals surface area contributed by atoms with Gasteiger partial charge in [-0.1, -0.05) is 12.1 Å². The summed E-state index contributed by atoms with van der Waals surface area (Å²) in [6, 6.07) is 5.82. The summed E-state index contributed by atoms with van der Waals surface area (Å²) in [5, 5.41) is 5.88. The summed E-state index contributed by atoms with van der Waals surface area (Å²) in [7, 11) is 0. The molecule has 3 rings (SSSR count). The molecule has 0 atom stereocenters. The van der Waals surface area contributed by atoms with Gasteiger partial charge in [-0.05, 0) is 43.9 Å². The van der Waals surface area contributed by atoms with Crippen LogP contribution in [0.5, 0.6) is 0 Å². The number of likely N-dealkylation sites (tertiary alicyclic amines) is 1. The third kappa shape index (κ3) is 3.38. The molecule has 0 unspecified atom stereocenters. The molecule has 1 fully saturated rings. The van der Waals surface area contributed by atoms with E-state index in [0.717, 1.165) is 16.8 Å². The fraction of sp³-hybridized carbons (Fsp3) is 0.526. The molecule has 0 spiro atoms. The van der Waals surface area contributed by atoms with Crippen molar-refractivity contribution in [2.75, 3.05) is 18.4 Å². The lowest BCUT2D eigenvalue weighted by molar-refractivity contribution is -0.134. The van der Waals surface area contributed by atoms with Crippen LogP contribution in [0, 0.1) is 5.92 Å². The molecule has 0 aliphatic carbocycles. The van der Waals surface area contributed by atoms with E-state index in [1.54, 1.807) is 11.8 Å². The predicted molar refractivity (Wildman–Crippen MR) is 94.9 cm³/mol. The van der Waals surface area contributed by atoms with Gasteiger partial charge in [0.15, 0.2) is 0 Å². The molecule has 2 heterocycles. The first-order chi connectivity index (χ1) is 11.8. The van der Waals surface area contributed by atoms with Gasteiger partial charge in [-0.2, -0.15) is 0 Å². The molecule has 2 aliphatic rings. The highest BCUT2D eigenvalue weighted by molar-refractivity contribution is 6.05. The summed E-state index contributed by atoms with van der Waals surface area (Å²) in [4.78, 5) is 37.5. The van der Waals surface area contributed by atoms with E-state index in [1.807, 2.05) is 32.0 Å². The molecule has 2 aliphatic heterocycles. The molecule has 6 heteroatoms. The van der Waals surface area contributed by atoms with E-state index in [4.69, 9.17) is 0 Å². The maximum atomic E-state index is 12.4. The van der Waals surface area contributed by atoms with Crippen molar-refractivity contribution in [2.45, 2.75) is 45.6 Å². The fourth-order valence-electron chi connectivity index (χ4n) is 3.52. The highest BCUT2D eigenvalue weighted by Crippen LogP contribution is 2.37. The van der Waals surface area contributed by atoms with E-state index in [0.29, 0.717) is 32.5 Å². The smallest absolute Gasteiger partial charge is 0.234 e. The van der Waals surface area contributed by atoms with Gasteiger partial charge < -0.3 is 15.5 Å². The Morgan fingerprint density at radius 1 is 1.28 bits per heavy atom. The number of amides is 3. The number of piperidine rings is 1. The van der Waals surface area contributed by atoms with E-state index in [2.05, 4.69) is 10.6 Å². The second-order valence-electron chi connectivity index (χ2n) is 7.46. The van der Waals surface area contributed by atoms with Gasteiger partial charge in [0, 0.05) is 38.2 Å². The minimum absolute atomic E-state index is 0.000849. The van der Waals surface area contributed by atoms with Crippen molar-refractivity contribution in [1.82, 2.24) is 10.2 Å². The van der Waals surface area contributed by atoms with Gasteiger partial charge >= 0.3 is 0 Å². The molecule has 0 aromatic heterocycles. The monoisotopic (exact) mass is 343 g/mol. The standard InChI is InChI=1S/C19H25N3O3/c1-12(23)22-8-6-14(7-9-22)17(24)20-11-13-4-5-16-15(10-13)19(2,3)18(25)21-16/h4-5,10,14H,6-9,11H2,1-3H3,(H,20,24)(H,21,25). The summed E-state index contributed by atoms with van der Waals surface area (Å²) in [5.41, 5.74) is 2.26. The normalized spacial score (nSPS) is 19.3. The quantitative estimate of drug-likeness (QED) is 0.878. The summed E-state index contributed by atoms with van der Waals surface area (Å²) < 4.78 is 0. The topological polar surface area (TPSA) is 78.5 Å². The number of nitrogens with zero attached hydrogens (tertiary/aromatic N) is 1. The largest absolute Gasteiger partial charge is 0.352 e. The van der Waals surface area contributed by atoms with Gasteiger partial charge in [0.1, 0.15) is 0 Å². The van der Waals surface area contributed by atoms with Crippen molar-refractivity contribution in [1.29, 1.82) is 0 Å². The molecule has 3 amide bonds. The Morgan fingerprint density at radius 2 is 1.96 bits per heavy atom. The predicted octanol–water partition coefficient (Wildman–Crippen LogP) is 1.79. The molecule has 1 aromatic carbocycles. The first kappa shape index (κ1) is 17.5. The molecule has 0 radical (unpaired) electrons. The Kier molecular flexibility index (Phi) is 4.54. The van der Waals surface area contributed by atoms with Gasteiger partial charge in [0.05, 0.1) is 5.41 Å². The number of hydrogen-bond donors (Lipinski definition) is 2. The Hall–Kier alpha value is -2.37. The number of hydrogen-bond acceptors (Lipinski definition) is 3. The van der Waals surface area contributed by atoms with Crippen molar-refractivity contribution in [2.24, 2.45) is 5.92 Å². The summed E-state index contributed by atoms with van der Waals surface area (Å²) in [5.74, 6) is 0.0746. The van der Waals surface area contributed by atoms with Crippen LogP contribution in [-0.2, 0) is 26.3 Å². The maximum Gasteiger partial charge on any atom is 0.234 e. The molecule has 0 saturated carbocycles. The zero-order chi connectivity index (χ0) is 18.2. The Morgan fingerprint density at radius 3 is 2.60 bits per heavy atom. The van der Waals surface area contributed by atoms with Gasteiger partial charge in [-0.15, -0.1) is 0 Å². The lowest BCUT2D eigenvalue weighted by Crippen LogP contribution is -2.42. The minimum Gasteiger partial charge on any atom is -0.352 e. The van der Waals surface area contributed by atoms with E-state index in [9.17, 15) is 14.4 Å². The average molecular weight is 343 g/mol. The molecule has 134 valence electrons. The van der Waals surface area contributed by atoms with Crippen molar-refractivity contribution >= 4 is 23.4 Å². The Balaban J connectivity index is 1.58. The van der Waals surface area contributed by atoms with Crippen LogP contribution in [0.4, 0.5) is 5.69 Å². The van der Waals surface area contributed by atoms with Gasteiger partial charge in [-0.3, -0.25) is 14.4 Å². The van der Waals surface area contributed by atoms with Crippen LogP contribution in [0.15, 0.2) is 18.2 Å². The third-order valence-corrected chi connectivity index (χ3v) is 5.35. The van der Waals surface area contributed by atoms with Crippen LogP contribution in [0.3, 0.4) is 0 Å². The van der Waals surface area contributed by atoms with Crippen molar-refractivity contribution in [3.63, 3.8) is 0 Å². The van der Waals surface area contributed by atoms with Crippen LogP contribution in [0.1, 0.15) is 44.7 Å². The lowest BCUT2D eigenvalue weighted by Gasteiger charge is -2.30. The SMILES string of the molecule is CC(=O)N1CCC(C(=O)NCc2ccc3c(c2)C(C)(C)C(=O)N3)CC1. The number of fused-ring (bicyclic) bond motifs is 1. The van der Waals surface area contributed by atoms with Crippen LogP contribution in [-0.4, -0.2) is 35.7 Å². The molecule has 1 aromatic rings. The van der Waals surface area contributed by atoms with Gasteiger partial charge in [0.2, 0.25) is 17.7 Å². The van der Waals surface area contributed by atoms with Crippen LogP contribution >= 0.6 is 0 Å². The number of carbonyl (C=O) groups excluding carboxylic acids is 3. The van der Waals surface area contributed by atoms with Crippen molar-refractivity contribution in [3.8, 4) is 0 Å². The lowest BCUT2D eigenvalue weighted by atomic mass is 9.85. The molecule has 2 N–H and O–H groups in total. The number of rotatable bonds is 3. The highest BCUT2D eigenvalue weighted by Gasteiger charge is 2.38. The van der Waals surface area contributed by atoms with E-state index in [1.165, 1.54) is 0 Å². The van der Waals surface area contributed by atoms with Gasteiger partial charge in [-0.25, -0.2) is 0 Å². The summed E-state index contributed by atoms with van der Waals surface area (Å²) in [6.45, 7) is 7.11. The number of benzene rings is 1. The van der Waals surface area contributed by atoms with Crippen LogP contribution in [0.2, 0.25) is 0 Å². The van der Waals surface area contributed by atoms with Crippen LogP contribution in [0.25, 0.3) is 0 Å². The first-order valence-electron chi connectivity index (χ1n) is 8.77. The third-order valence-electron chi connectivity index (χ3n) is 5.35. The highest BCUT2D eigenvalue weighted by atomic mass is 16.2. The molecular weight excluding hydrogens is 318 g/mol. The number of anilines is 1. The van der Waals surface area contributed by atoms with E-state index < -0.39 is 5.41 Å². The number of nitrogens with one attached hydrogen (secondary N) is 2. The van der Waals surface area contributed by atoms with Crippen molar-refractivity contribution in [3.05, 3.63) is 29.3 Å². The zero-order valence-electron chi connectivity index (χ0n) is 15.0. The minimum atomic E-state index is -0.547. The molecule has 6 nitrogen and oxygen atoms in total. The number of carbonyl (C=O) groups is 3. The second kappa shape index (κ2) is 6.50. The van der Waals surface area contributed by atoms with E-state index >= 15 is 0 Å². The van der Waals surface area contributed by atoms with Crippen molar-refractivity contribution < 1.29 is 14.4 Å². The molecule has 1 saturated heterocycles. The first-order valence-corrected chi connectivity index (χ1v) is 8.77. The zero-order valence-corrected chi connectivity index (χ0v) is 15.0. The summed E-state index contributed by atoms with van der Waals surface area (Å²) in [6.07, 6.45) is 1.42. The fourth-order valence-corrected chi connectivity index (χ4v) is 3.52. The van der Waals surface area contributed by atoms with Gasteiger partial charge in [0.25, 0.3) is 0 Å². The maximum absolute atomic E-state index is 12.4. The average Bonchev–Trinajstić information content (AvgIpc) is 2.82. The Labute approximate surface area is 148 Å². The second-order valence-corrected chi connectivity index (χ2v) is 7.46. The van der Waals surface area contributed by atoms with E-state index in [-0.39, 0.29) is 23.6 Å². The van der Waals surface area contributed by atoms with Crippen LogP contribution < -0.4 is 10.6 Å². The molecular formula is C19H25N3O3. The Bertz CT molecular complexity index is 719. The molecule has 0 bridgehead atoms. The molecule has 25 heavy (non-hydrogen) atoms.